The van der Waals surface area contributed by atoms with Gasteiger partial charge in [-0.05, 0) is 38.3 Å². The van der Waals surface area contributed by atoms with Gasteiger partial charge < -0.3 is 5.32 Å². The fourth-order valence-electron chi connectivity index (χ4n) is 1.55. The van der Waals surface area contributed by atoms with Gasteiger partial charge >= 0.3 is 0 Å². The molecule has 1 aliphatic carbocycles. The van der Waals surface area contributed by atoms with Crippen molar-refractivity contribution in [3.05, 3.63) is 33.9 Å². The van der Waals surface area contributed by atoms with Crippen LogP contribution in [0.15, 0.2) is 18.2 Å². The molecule has 0 spiro atoms. The van der Waals surface area contributed by atoms with Gasteiger partial charge in [-0.1, -0.05) is 6.07 Å². The Hall–Kier alpha value is -1.58. The molecule has 80 valence electrons. The molecule has 1 aromatic rings. The van der Waals surface area contributed by atoms with Crippen LogP contribution in [0, 0.1) is 17.0 Å². The highest BCUT2D eigenvalue weighted by atomic mass is 16.6. The first-order valence-electron chi connectivity index (χ1n) is 5.03. The highest BCUT2D eigenvalue weighted by Gasteiger charge is 2.38. The first-order chi connectivity index (χ1) is 7.00. The summed E-state index contributed by atoms with van der Waals surface area (Å²) in [5, 5.41) is 14.0. The Morgan fingerprint density at radius 3 is 2.67 bits per heavy atom. The summed E-state index contributed by atoms with van der Waals surface area (Å²) in [6, 6.07) is 5.16. The van der Waals surface area contributed by atoms with Gasteiger partial charge in [-0.15, -0.1) is 0 Å². The maximum atomic E-state index is 10.8. The van der Waals surface area contributed by atoms with E-state index in [1.165, 1.54) is 0 Å². The van der Waals surface area contributed by atoms with E-state index in [1.807, 2.05) is 13.0 Å². The van der Waals surface area contributed by atoms with Crippen molar-refractivity contribution in [2.24, 2.45) is 0 Å². The molecule has 1 saturated carbocycles. The number of nitrogens with one attached hydrogen (secondary N) is 1. The molecule has 4 nitrogen and oxygen atoms in total. The summed E-state index contributed by atoms with van der Waals surface area (Å²) in [7, 11) is 0. The van der Waals surface area contributed by atoms with E-state index < -0.39 is 0 Å². The molecule has 0 aliphatic heterocycles. The number of anilines is 1. The Balaban J connectivity index is 2.34. The first-order valence-corrected chi connectivity index (χ1v) is 5.03. The predicted molar refractivity (Wildman–Crippen MR) is 59.1 cm³/mol. The van der Waals surface area contributed by atoms with Crippen molar-refractivity contribution in [3.63, 3.8) is 0 Å². The maximum Gasteiger partial charge on any atom is 0.292 e. The van der Waals surface area contributed by atoms with Crippen LogP contribution in [0.1, 0.15) is 25.3 Å². The lowest BCUT2D eigenvalue weighted by atomic mass is 10.1. The van der Waals surface area contributed by atoms with Gasteiger partial charge in [0.2, 0.25) is 0 Å². The average molecular weight is 206 g/mol. The summed E-state index contributed by atoms with van der Waals surface area (Å²) in [6.45, 7) is 4.02. The zero-order chi connectivity index (χ0) is 11.1. The number of hydrogen-bond donors (Lipinski definition) is 1. The number of aryl methyl sites for hydroxylation is 1. The minimum absolute atomic E-state index is 0.0680. The molecule has 0 atom stereocenters. The van der Waals surface area contributed by atoms with Crippen LogP contribution in [0.2, 0.25) is 0 Å². The van der Waals surface area contributed by atoms with Crippen molar-refractivity contribution in [1.82, 2.24) is 0 Å². The topological polar surface area (TPSA) is 55.2 Å². The summed E-state index contributed by atoms with van der Waals surface area (Å²) >= 11 is 0. The quantitative estimate of drug-likeness (QED) is 0.611. The third-order valence-corrected chi connectivity index (χ3v) is 2.79. The minimum atomic E-state index is -0.340. The Kier molecular flexibility index (Phi) is 2.14. The third kappa shape index (κ3) is 2.09. The van der Waals surface area contributed by atoms with Gasteiger partial charge in [-0.3, -0.25) is 10.1 Å². The average Bonchev–Trinajstić information content (AvgIpc) is 2.82. The van der Waals surface area contributed by atoms with Crippen molar-refractivity contribution in [2.75, 3.05) is 5.32 Å². The molecule has 1 N–H and O–H groups in total. The molecule has 1 fully saturated rings. The number of nitro groups is 1. The standard InChI is InChI=1S/C11H14N2O2/c1-8-3-4-10(13(14)15)9(7-8)12-11(2)5-6-11/h3-4,7,12H,5-6H2,1-2H3. The summed E-state index contributed by atoms with van der Waals surface area (Å²) in [4.78, 5) is 10.5. The smallest absolute Gasteiger partial charge is 0.292 e. The number of nitro benzene ring substituents is 1. The molecule has 2 rings (SSSR count). The molecule has 0 heterocycles. The zero-order valence-electron chi connectivity index (χ0n) is 8.91. The second-order valence-corrected chi connectivity index (χ2v) is 4.46. The number of rotatable bonds is 3. The van der Waals surface area contributed by atoms with Gasteiger partial charge in [0.15, 0.2) is 0 Å². The van der Waals surface area contributed by atoms with Crippen LogP contribution in [-0.2, 0) is 0 Å². The molecular formula is C11H14N2O2. The molecule has 0 bridgehead atoms. The Labute approximate surface area is 88.5 Å². The summed E-state index contributed by atoms with van der Waals surface area (Å²) in [5.74, 6) is 0. The highest BCUT2D eigenvalue weighted by molar-refractivity contribution is 5.64. The van der Waals surface area contributed by atoms with Gasteiger partial charge in [0.05, 0.1) is 4.92 Å². The van der Waals surface area contributed by atoms with Crippen molar-refractivity contribution in [3.8, 4) is 0 Å². The van der Waals surface area contributed by atoms with Gasteiger partial charge in [0, 0.05) is 11.6 Å². The molecule has 0 aromatic heterocycles. The van der Waals surface area contributed by atoms with E-state index in [2.05, 4.69) is 12.2 Å². The minimum Gasteiger partial charge on any atom is -0.374 e. The fraction of sp³-hybridized carbons (Fsp3) is 0.455. The molecule has 1 aromatic carbocycles. The van der Waals surface area contributed by atoms with Crippen LogP contribution in [0.25, 0.3) is 0 Å². The molecule has 15 heavy (non-hydrogen) atoms. The van der Waals surface area contributed by atoms with Gasteiger partial charge in [-0.2, -0.15) is 0 Å². The van der Waals surface area contributed by atoms with Gasteiger partial charge in [0.1, 0.15) is 5.69 Å². The molecule has 1 aliphatic rings. The second-order valence-electron chi connectivity index (χ2n) is 4.46. The van der Waals surface area contributed by atoms with E-state index in [-0.39, 0.29) is 16.1 Å². The van der Waals surface area contributed by atoms with Crippen LogP contribution in [0.3, 0.4) is 0 Å². The van der Waals surface area contributed by atoms with Crippen LogP contribution in [0.4, 0.5) is 11.4 Å². The van der Waals surface area contributed by atoms with Crippen molar-refractivity contribution in [2.45, 2.75) is 32.2 Å². The van der Waals surface area contributed by atoms with E-state index in [1.54, 1.807) is 12.1 Å². The Morgan fingerprint density at radius 1 is 1.47 bits per heavy atom. The van der Waals surface area contributed by atoms with Crippen LogP contribution < -0.4 is 5.32 Å². The number of hydrogen-bond acceptors (Lipinski definition) is 3. The summed E-state index contributed by atoms with van der Waals surface area (Å²) < 4.78 is 0. The molecule has 0 unspecified atom stereocenters. The lowest BCUT2D eigenvalue weighted by Crippen LogP contribution is -2.16. The first kappa shape index (κ1) is 9.96. The van der Waals surface area contributed by atoms with Gasteiger partial charge in [-0.25, -0.2) is 0 Å². The van der Waals surface area contributed by atoms with E-state index >= 15 is 0 Å². The monoisotopic (exact) mass is 206 g/mol. The van der Waals surface area contributed by atoms with E-state index in [4.69, 9.17) is 0 Å². The third-order valence-electron chi connectivity index (χ3n) is 2.79. The largest absolute Gasteiger partial charge is 0.374 e. The lowest BCUT2D eigenvalue weighted by molar-refractivity contribution is -0.384. The van der Waals surface area contributed by atoms with Crippen molar-refractivity contribution in [1.29, 1.82) is 0 Å². The SMILES string of the molecule is Cc1ccc([N+](=O)[O-])c(NC2(C)CC2)c1. The van der Waals surface area contributed by atoms with Crippen molar-refractivity contribution >= 4 is 11.4 Å². The van der Waals surface area contributed by atoms with Crippen LogP contribution in [0.5, 0.6) is 0 Å². The van der Waals surface area contributed by atoms with Crippen LogP contribution >= 0.6 is 0 Å². The molecular weight excluding hydrogens is 192 g/mol. The normalized spacial score (nSPS) is 17.2. The predicted octanol–water partition coefficient (Wildman–Crippen LogP) is 2.87. The Morgan fingerprint density at radius 2 is 2.13 bits per heavy atom. The molecule has 4 heteroatoms. The number of nitrogens with zero attached hydrogens (tertiary/aromatic N) is 1. The zero-order valence-corrected chi connectivity index (χ0v) is 8.91. The highest BCUT2D eigenvalue weighted by Crippen LogP contribution is 2.40. The molecule has 0 amide bonds. The van der Waals surface area contributed by atoms with Crippen molar-refractivity contribution < 1.29 is 4.92 Å². The van der Waals surface area contributed by atoms with E-state index in [0.29, 0.717) is 5.69 Å². The Bertz CT molecular complexity index is 411. The van der Waals surface area contributed by atoms with Crippen LogP contribution in [-0.4, -0.2) is 10.5 Å². The van der Waals surface area contributed by atoms with E-state index in [9.17, 15) is 10.1 Å². The lowest BCUT2D eigenvalue weighted by Gasteiger charge is -2.13. The van der Waals surface area contributed by atoms with Gasteiger partial charge in [0.25, 0.3) is 5.69 Å². The summed E-state index contributed by atoms with van der Waals surface area (Å²) in [5.41, 5.74) is 1.90. The molecule has 0 saturated heterocycles. The molecule has 0 radical (unpaired) electrons. The maximum absolute atomic E-state index is 10.8. The second kappa shape index (κ2) is 3.22. The fourth-order valence-corrected chi connectivity index (χ4v) is 1.55. The summed E-state index contributed by atoms with van der Waals surface area (Å²) in [6.07, 6.45) is 2.16. The van der Waals surface area contributed by atoms with E-state index in [0.717, 1.165) is 18.4 Å². The number of benzene rings is 1.